The lowest BCUT2D eigenvalue weighted by molar-refractivity contribution is -0.137. The van der Waals surface area contributed by atoms with Gasteiger partial charge in [0.25, 0.3) is 0 Å². The molecule has 0 bridgehead atoms. The second kappa shape index (κ2) is 5.25. The zero-order valence-electron chi connectivity index (χ0n) is 9.03. The van der Waals surface area contributed by atoms with Gasteiger partial charge in [0.2, 0.25) is 10.0 Å². The van der Waals surface area contributed by atoms with Crippen LogP contribution in [-0.4, -0.2) is 25.2 Å². The van der Waals surface area contributed by atoms with Gasteiger partial charge >= 0.3 is 12.1 Å². The molecule has 2 N–H and O–H groups in total. The quantitative estimate of drug-likeness (QED) is 0.891. The summed E-state index contributed by atoms with van der Waals surface area (Å²) < 4.78 is 62.1. The van der Waals surface area contributed by atoms with Crippen molar-refractivity contribution < 1.29 is 31.5 Å². The summed E-state index contributed by atoms with van der Waals surface area (Å²) in [6.45, 7) is 0. The van der Waals surface area contributed by atoms with Crippen molar-refractivity contribution in [1.29, 1.82) is 0 Å². The van der Waals surface area contributed by atoms with E-state index in [4.69, 9.17) is 16.7 Å². The van der Waals surface area contributed by atoms with E-state index < -0.39 is 44.2 Å². The molecule has 0 amide bonds. The highest BCUT2D eigenvalue weighted by Crippen LogP contribution is 2.38. The van der Waals surface area contributed by atoms with Crippen LogP contribution in [0.5, 0.6) is 0 Å². The Morgan fingerprint density at radius 3 is 2.42 bits per heavy atom. The molecule has 0 aliphatic rings. The average molecular weight is 318 g/mol. The number of carboxylic acids is 1. The predicted molar refractivity (Wildman–Crippen MR) is 61.5 cm³/mol. The van der Waals surface area contributed by atoms with E-state index in [0.717, 1.165) is 12.1 Å². The number of carbonyl (C=O) groups is 1. The summed E-state index contributed by atoms with van der Waals surface area (Å²) in [6.07, 6.45) is -4.83. The van der Waals surface area contributed by atoms with Gasteiger partial charge < -0.3 is 5.11 Å². The number of hydrogen-bond acceptors (Lipinski definition) is 3. The predicted octanol–water partition coefficient (Wildman–Crippen LogP) is 2.19. The molecule has 0 atom stereocenters. The highest BCUT2D eigenvalue weighted by Gasteiger charge is 2.35. The third-order valence-electron chi connectivity index (χ3n) is 1.89. The van der Waals surface area contributed by atoms with Crippen molar-refractivity contribution >= 4 is 33.3 Å². The highest BCUT2D eigenvalue weighted by molar-refractivity contribution is 7.93. The Labute approximate surface area is 111 Å². The van der Waals surface area contributed by atoms with Crippen molar-refractivity contribution in [3.8, 4) is 0 Å². The SMILES string of the molecule is O=C(O)CS(=O)(=O)Nc1c(Cl)cccc1C(F)(F)F. The zero-order chi connectivity index (χ0) is 14.8. The van der Waals surface area contributed by atoms with Crippen LogP contribution in [-0.2, 0) is 21.0 Å². The molecule has 0 heterocycles. The highest BCUT2D eigenvalue weighted by atomic mass is 35.5. The first-order chi connectivity index (χ1) is 8.53. The van der Waals surface area contributed by atoms with Crippen LogP contribution in [0.25, 0.3) is 0 Å². The third kappa shape index (κ3) is 4.28. The lowest BCUT2D eigenvalue weighted by Crippen LogP contribution is -2.24. The van der Waals surface area contributed by atoms with Gasteiger partial charge in [-0.25, -0.2) is 8.42 Å². The van der Waals surface area contributed by atoms with E-state index in [1.165, 1.54) is 4.72 Å². The smallest absolute Gasteiger partial charge is 0.418 e. The Morgan fingerprint density at radius 2 is 1.95 bits per heavy atom. The lowest BCUT2D eigenvalue weighted by atomic mass is 10.2. The number of sulfonamides is 1. The van der Waals surface area contributed by atoms with Crippen LogP contribution in [0.3, 0.4) is 0 Å². The van der Waals surface area contributed by atoms with Crippen LogP contribution in [0.1, 0.15) is 5.56 Å². The number of nitrogens with one attached hydrogen (secondary N) is 1. The van der Waals surface area contributed by atoms with E-state index >= 15 is 0 Å². The minimum atomic E-state index is -4.83. The van der Waals surface area contributed by atoms with Gasteiger partial charge in [0.05, 0.1) is 16.3 Å². The first-order valence-corrected chi connectivity index (χ1v) is 6.64. The topological polar surface area (TPSA) is 83.5 Å². The van der Waals surface area contributed by atoms with Gasteiger partial charge in [0.15, 0.2) is 5.75 Å². The number of halogens is 4. The van der Waals surface area contributed by atoms with Gasteiger partial charge in [-0.3, -0.25) is 9.52 Å². The molecule has 0 aromatic heterocycles. The summed E-state index contributed by atoms with van der Waals surface area (Å²) in [5.74, 6) is -3.07. The molecule has 0 radical (unpaired) electrons. The molecule has 1 rings (SSSR count). The van der Waals surface area contributed by atoms with Crippen molar-refractivity contribution in [3.05, 3.63) is 28.8 Å². The standard InChI is InChI=1S/C9H7ClF3NO4S/c10-6-3-1-2-5(9(11,12)13)8(6)14-19(17,18)4-7(15)16/h1-3,14H,4H2,(H,15,16). The Balaban J connectivity index is 3.25. The van der Waals surface area contributed by atoms with E-state index in [9.17, 15) is 26.4 Å². The maximum Gasteiger partial charge on any atom is 0.418 e. The number of alkyl halides is 3. The summed E-state index contributed by atoms with van der Waals surface area (Å²) in [6, 6.07) is 2.68. The summed E-state index contributed by atoms with van der Waals surface area (Å²) in [5, 5.41) is 7.87. The number of rotatable bonds is 4. The van der Waals surface area contributed by atoms with E-state index in [1.54, 1.807) is 0 Å². The fourth-order valence-corrected chi connectivity index (χ4v) is 2.42. The van der Waals surface area contributed by atoms with Gasteiger partial charge in [-0.1, -0.05) is 17.7 Å². The molecule has 1 aromatic rings. The summed E-state index contributed by atoms with van der Waals surface area (Å²) >= 11 is 5.50. The lowest BCUT2D eigenvalue weighted by Gasteiger charge is -2.15. The molecule has 0 fully saturated rings. The van der Waals surface area contributed by atoms with Gasteiger partial charge in [0.1, 0.15) is 0 Å². The van der Waals surface area contributed by atoms with Crippen LogP contribution < -0.4 is 4.72 Å². The molecule has 106 valence electrons. The van der Waals surface area contributed by atoms with Crippen LogP contribution >= 0.6 is 11.6 Å². The van der Waals surface area contributed by atoms with Crippen LogP contribution in [0.4, 0.5) is 18.9 Å². The zero-order valence-corrected chi connectivity index (χ0v) is 10.6. The van der Waals surface area contributed by atoms with Gasteiger partial charge in [0, 0.05) is 0 Å². The van der Waals surface area contributed by atoms with E-state index in [0.29, 0.717) is 6.07 Å². The molecule has 5 nitrogen and oxygen atoms in total. The molecular formula is C9H7ClF3NO4S. The summed E-state index contributed by atoms with van der Waals surface area (Å²) in [4.78, 5) is 10.3. The Hall–Kier alpha value is -1.48. The number of anilines is 1. The normalized spacial score (nSPS) is 12.2. The first-order valence-electron chi connectivity index (χ1n) is 4.61. The van der Waals surface area contributed by atoms with Gasteiger partial charge in [-0.15, -0.1) is 0 Å². The molecule has 19 heavy (non-hydrogen) atoms. The maximum absolute atomic E-state index is 12.7. The molecular weight excluding hydrogens is 311 g/mol. The van der Waals surface area contributed by atoms with Crippen molar-refractivity contribution in [3.63, 3.8) is 0 Å². The molecule has 0 aliphatic carbocycles. The molecule has 0 saturated carbocycles. The fraction of sp³-hybridized carbons (Fsp3) is 0.222. The summed E-state index contributed by atoms with van der Waals surface area (Å²) in [5.41, 5.74) is -2.19. The number of hydrogen-bond donors (Lipinski definition) is 2. The summed E-state index contributed by atoms with van der Waals surface area (Å²) in [7, 11) is -4.47. The van der Waals surface area contributed by atoms with E-state index in [-0.39, 0.29) is 0 Å². The number of carboxylic acid groups (broad SMARTS) is 1. The van der Waals surface area contributed by atoms with Crippen molar-refractivity contribution in [2.75, 3.05) is 10.5 Å². The third-order valence-corrected chi connectivity index (χ3v) is 3.35. The number of aliphatic carboxylic acids is 1. The Morgan fingerprint density at radius 1 is 1.37 bits per heavy atom. The Bertz CT molecular complexity index is 600. The number of para-hydroxylation sites is 1. The second-order valence-corrected chi connectivity index (χ2v) is 5.54. The average Bonchev–Trinajstić information content (AvgIpc) is 2.16. The minimum absolute atomic E-state index is 0.483. The first kappa shape index (κ1) is 15.6. The van der Waals surface area contributed by atoms with Crippen LogP contribution in [0.2, 0.25) is 5.02 Å². The second-order valence-electron chi connectivity index (χ2n) is 3.42. The van der Waals surface area contributed by atoms with E-state index in [2.05, 4.69) is 0 Å². The van der Waals surface area contributed by atoms with Crippen molar-refractivity contribution in [2.45, 2.75) is 6.18 Å². The van der Waals surface area contributed by atoms with Gasteiger partial charge in [-0.2, -0.15) is 13.2 Å². The maximum atomic E-state index is 12.7. The fourth-order valence-electron chi connectivity index (χ4n) is 1.22. The largest absolute Gasteiger partial charge is 0.480 e. The van der Waals surface area contributed by atoms with Gasteiger partial charge in [-0.05, 0) is 12.1 Å². The molecule has 0 saturated heterocycles. The molecule has 0 unspecified atom stereocenters. The molecule has 1 aromatic carbocycles. The van der Waals surface area contributed by atoms with E-state index in [1.807, 2.05) is 0 Å². The van der Waals surface area contributed by atoms with Crippen LogP contribution in [0.15, 0.2) is 18.2 Å². The minimum Gasteiger partial charge on any atom is -0.480 e. The molecule has 0 spiro atoms. The van der Waals surface area contributed by atoms with Crippen LogP contribution in [0, 0.1) is 0 Å². The molecule has 0 aliphatic heterocycles. The Kier molecular flexibility index (Phi) is 4.31. The molecule has 10 heteroatoms. The monoisotopic (exact) mass is 317 g/mol. The van der Waals surface area contributed by atoms with Crippen molar-refractivity contribution in [1.82, 2.24) is 0 Å². The van der Waals surface area contributed by atoms with Crippen molar-refractivity contribution in [2.24, 2.45) is 0 Å². The number of benzene rings is 1.